The fourth-order valence-electron chi connectivity index (χ4n) is 2.77. The van der Waals surface area contributed by atoms with Crippen LogP contribution < -0.4 is 24.8 Å². The average Bonchev–Trinajstić information content (AvgIpc) is 3.11. The summed E-state index contributed by atoms with van der Waals surface area (Å²) in [5.74, 6) is 2.38. The molecule has 7 heteroatoms. The van der Waals surface area contributed by atoms with Crippen LogP contribution in [0.1, 0.15) is 19.3 Å². The van der Waals surface area contributed by atoms with Gasteiger partial charge in [0.1, 0.15) is 18.5 Å². The van der Waals surface area contributed by atoms with Crippen molar-refractivity contribution in [3.05, 3.63) is 30.4 Å². The quantitative estimate of drug-likeness (QED) is 0.654. The van der Waals surface area contributed by atoms with E-state index >= 15 is 0 Å². The van der Waals surface area contributed by atoms with Gasteiger partial charge in [0, 0.05) is 19.2 Å². The van der Waals surface area contributed by atoms with Gasteiger partial charge >= 0.3 is 6.03 Å². The molecule has 2 atom stereocenters. The summed E-state index contributed by atoms with van der Waals surface area (Å²) in [5.41, 5.74) is 0. The molecular weight excluding hydrogens is 324 g/mol. The van der Waals surface area contributed by atoms with Gasteiger partial charge in [0.05, 0.1) is 0 Å². The van der Waals surface area contributed by atoms with Crippen LogP contribution in [-0.2, 0) is 0 Å². The first-order chi connectivity index (χ1) is 12.2. The molecule has 0 bridgehead atoms. The Labute approximate surface area is 147 Å². The number of benzene rings is 1. The summed E-state index contributed by atoms with van der Waals surface area (Å²) in [5, 5.41) is 15.4. The van der Waals surface area contributed by atoms with Crippen LogP contribution in [0.2, 0.25) is 0 Å². The van der Waals surface area contributed by atoms with Gasteiger partial charge in [0.25, 0.3) is 0 Å². The molecule has 1 aromatic rings. The number of carbonyl (C=O) groups excluding carboxylic acids is 1. The monoisotopic (exact) mass is 348 g/mol. The summed E-state index contributed by atoms with van der Waals surface area (Å²) >= 11 is 0. The normalized spacial score (nSPS) is 19.3. The number of aliphatic hydroxyl groups is 1. The van der Waals surface area contributed by atoms with Crippen LogP contribution >= 0.6 is 0 Å². The number of rotatable bonds is 7. The number of hydrogen-bond donors (Lipinski definition) is 3. The molecule has 0 aromatic heterocycles. The minimum atomic E-state index is -0.797. The maximum absolute atomic E-state index is 11.8. The largest absolute Gasteiger partial charge is 0.491 e. The Morgan fingerprint density at radius 2 is 2.16 bits per heavy atom. The third-order valence-electron chi connectivity index (χ3n) is 4.21. The number of nitrogens with one attached hydrogen (secondary N) is 2. The lowest BCUT2D eigenvalue weighted by molar-refractivity contribution is 0.107. The lowest BCUT2D eigenvalue weighted by Gasteiger charge is -2.19. The van der Waals surface area contributed by atoms with Crippen LogP contribution in [0.4, 0.5) is 4.79 Å². The van der Waals surface area contributed by atoms with Gasteiger partial charge in [-0.15, -0.1) is 0 Å². The van der Waals surface area contributed by atoms with E-state index in [-0.39, 0.29) is 26.0 Å². The Morgan fingerprint density at radius 1 is 1.28 bits per heavy atom. The van der Waals surface area contributed by atoms with Gasteiger partial charge in [-0.3, -0.25) is 0 Å². The number of fused-ring (bicyclic) bond motifs is 1. The lowest BCUT2D eigenvalue weighted by Crippen LogP contribution is -2.42. The first kappa shape index (κ1) is 17.4. The van der Waals surface area contributed by atoms with Gasteiger partial charge in [-0.05, 0) is 37.3 Å². The fourth-order valence-corrected chi connectivity index (χ4v) is 2.77. The Bertz CT molecular complexity index is 619. The molecule has 7 nitrogen and oxygen atoms in total. The van der Waals surface area contributed by atoms with Crippen LogP contribution in [0.5, 0.6) is 17.2 Å². The van der Waals surface area contributed by atoms with Crippen molar-refractivity contribution in [3.63, 3.8) is 0 Å². The zero-order valence-corrected chi connectivity index (χ0v) is 14.1. The molecule has 2 aliphatic rings. The molecule has 0 fully saturated rings. The zero-order chi connectivity index (χ0) is 17.5. The van der Waals surface area contributed by atoms with Crippen molar-refractivity contribution < 1.29 is 24.1 Å². The van der Waals surface area contributed by atoms with Crippen LogP contribution in [0, 0.1) is 5.92 Å². The van der Waals surface area contributed by atoms with E-state index in [1.54, 1.807) is 18.2 Å². The van der Waals surface area contributed by atoms with Gasteiger partial charge in [-0.1, -0.05) is 12.2 Å². The fraction of sp³-hybridized carbons (Fsp3) is 0.500. The first-order valence-corrected chi connectivity index (χ1v) is 8.58. The van der Waals surface area contributed by atoms with Crippen molar-refractivity contribution in [2.45, 2.75) is 25.4 Å². The van der Waals surface area contributed by atoms with Crippen molar-refractivity contribution in [3.8, 4) is 17.2 Å². The Hall–Kier alpha value is -2.41. The van der Waals surface area contributed by atoms with E-state index in [9.17, 15) is 9.90 Å². The van der Waals surface area contributed by atoms with Gasteiger partial charge < -0.3 is 30.0 Å². The van der Waals surface area contributed by atoms with Gasteiger partial charge in [-0.2, -0.15) is 0 Å². The average molecular weight is 348 g/mol. The topological polar surface area (TPSA) is 89.1 Å². The van der Waals surface area contributed by atoms with E-state index in [0.717, 1.165) is 19.3 Å². The van der Waals surface area contributed by atoms with E-state index in [2.05, 4.69) is 22.8 Å². The van der Waals surface area contributed by atoms with E-state index < -0.39 is 6.10 Å². The van der Waals surface area contributed by atoms with Crippen molar-refractivity contribution in [2.75, 3.05) is 26.5 Å². The summed E-state index contributed by atoms with van der Waals surface area (Å²) in [6.45, 7) is 1.06. The molecular formula is C18H24N2O5. The van der Waals surface area contributed by atoms with Crippen LogP contribution in [-0.4, -0.2) is 43.7 Å². The predicted octanol–water partition coefficient (Wildman–Crippen LogP) is 1.81. The molecule has 2 amide bonds. The number of hydrogen-bond acceptors (Lipinski definition) is 5. The summed E-state index contributed by atoms with van der Waals surface area (Å²) in [6, 6.07) is 4.96. The highest BCUT2D eigenvalue weighted by Gasteiger charge is 2.15. The number of carbonyl (C=O) groups is 1. The maximum atomic E-state index is 11.8. The third-order valence-corrected chi connectivity index (χ3v) is 4.21. The molecule has 0 saturated heterocycles. The van der Waals surface area contributed by atoms with E-state index in [0.29, 0.717) is 29.7 Å². The minimum Gasteiger partial charge on any atom is -0.491 e. The second-order valence-electron chi connectivity index (χ2n) is 6.22. The van der Waals surface area contributed by atoms with Gasteiger partial charge in [0.15, 0.2) is 11.5 Å². The molecule has 1 heterocycles. The number of urea groups is 1. The molecule has 3 N–H and O–H groups in total. The molecule has 1 aliphatic heterocycles. The highest BCUT2D eigenvalue weighted by Crippen LogP contribution is 2.35. The predicted molar refractivity (Wildman–Crippen MR) is 91.9 cm³/mol. The molecule has 25 heavy (non-hydrogen) atoms. The smallest absolute Gasteiger partial charge is 0.314 e. The van der Waals surface area contributed by atoms with Crippen molar-refractivity contribution in [2.24, 2.45) is 5.92 Å². The van der Waals surface area contributed by atoms with Crippen LogP contribution in [0.15, 0.2) is 30.4 Å². The Kier molecular flexibility index (Phi) is 6.00. The Morgan fingerprint density at radius 3 is 3.00 bits per heavy atom. The van der Waals surface area contributed by atoms with Crippen LogP contribution in [0.3, 0.4) is 0 Å². The van der Waals surface area contributed by atoms with Crippen molar-refractivity contribution >= 4 is 6.03 Å². The molecule has 0 saturated carbocycles. The van der Waals surface area contributed by atoms with Crippen molar-refractivity contribution in [1.82, 2.24) is 10.6 Å². The van der Waals surface area contributed by atoms with Gasteiger partial charge in [0.2, 0.25) is 6.79 Å². The SMILES string of the molecule is O=C(NCC(O)COc1ccc2c(c1)OCO2)NCC1CC=CCC1. The molecule has 0 spiro atoms. The first-order valence-electron chi connectivity index (χ1n) is 8.58. The van der Waals surface area contributed by atoms with E-state index in [1.807, 2.05) is 0 Å². The molecule has 1 aliphatic carbocycles. The molecule has 0 radical (unpaired) electrons. The van der Waals surface area contributed by atoms with E-state index in [4.69, 9.17) is 14.2 Å². The standard InChI is InChI=1S/C18H24N2O5/c21-14(10-20-18(22)19-9-13-4-2-1-3-5-13)11-23-15-6-7-16-17(8-15)25-12-24-16/h1-2,6-8,13-14,21H,3-5,9-12H2,(H2,19,20,22). The number of ether oxygens (including phenoxy) is 3. The number of aliphatic hydroxyl groups excluding tert-OH is 1. The van der Waals surface area contributed by atoms with Gasteiger partial charge in [-0.25, -0.2) is 4.79 Å². The summed E-state index contributed by atoms with van der Waals surface area (Å²) in [7, 11) is 0. The lowest BCUT2D eigenvalue weighted by atomic mass is 9.94. The van der Waals surface area contributed by atoms with E-state index in [1.165, 1.54) is 0 Å². The van der Waals surface area contributed by atoms with Crippen molar-refractivity contribution in [1.29, 1.82) is 0 Å². The summed E-state index contributed by atoms with van der Waals surface area (Å²) < 4.78 is 16.0. The molecule has 3 rings (SSSR count). The number of amides is 2. The summed E-state index contributed by atoms with van der Waals surface area (Å²) in [6.07, 6.45) is 6.71. The third kappa shape index (κ3) is 5.29. The highest BCUT2D eigenvalue weighted by atomic mass is 16.7. The molecule has 136 valence electrons. The molecule has 1 aromatic carbocycles. The maximum Gasteiger partial charge on any atom is 0.314 e. The second-order valence-corrected chi connectivity index (χ2v) is 6.22. The second kappa shape index (κ2) is 8.62. The summed E-state index contributed by atoms with van der Waals surface area (Å²) in [4.78, 5) is 11.8. The molecule has 2 unspecified atom stereocenters. The van der Waals surface area contributed by atoms with Crippen LogP contribution in [0.25, 0.3) is 0 Å². The Balaban J connectivity index is 1.31. The highest BCUT2D eigenvalue weighted by molar-refractivity contribution is 5.73. The minimum absolute atomic E-state index is 0.0767. The number of allylic oxidation sites excluding steroid dienone is 2. The zero-order valence-electron chi connectivity index (χ0n) is 14.1.